The second-order valence-electron chi connectivity index (χ2n) is 4.00. The first-order valence-corrected chi connectivity index (χ1v) is 5.90. The van der Waals surface area contributed by atoms with Crippen molar-refractivity contribution >= 4 is 6.08 Å². The van der Waals surface area contributed by atoms with Crippen LogP contribution in [-0.2, 0) is 0 Å². The molecule has 88 valence electrons. The largest absolute Gasteiger partial charge is 0.496 e. The van der Waals surface area contributed by atoms with Crippen LogP contribution in [0.5, 0.6) is 5.75 Å². The summed E-state index contributed by atoms with van der Waals surface area (Å²) in [7, 11) is 1.71. The molecule has 0 spiro atoms. The number of ether oxygens (including phenoxy) is 1. The van der Waals surface area contributed by atoms with E-state index >= 15 is 0 Å². The van der Waals surface area contributed by atoms with Gasteiger partial charge in [-0.25, -0.2) is 0 Å². The molecule has 0 saturated carbocycles. The molecular weight excluding hydrogens is 198 g/mol. The Labute approximate surface area is 98.3 Å². The minimum atomic E-state index is 0.697. The van der Waals surface area contributed by atoms with E-state index in [9.17, 15) is 0 Å². The molecule has 16 heavy (non-hydrogen) atoms. The van der Waals surface area contributed by atoms with Gasteiger partial charge in [0.1, 0.15) is 5.75 Å². The summed E-state index contributed by atoms with van der Waals surface area (Å²) in [5.74, 6) is 0.933. The maximum absolute atomic E-state index is 5.28. The molecule has 1 rings (SSSR count). The first-order valence-electron chi connectivity index (χ1n) is 5.90. The summed E-state index contributed by atoms with van der Waals surface area (Å²) in [6, 6.07) is 8.76. The number of quaternary nitrogens is 1. The predicted molar refractivity (Wildman–Crippen MR) is 68.6 cm³/mol. The molecule has 1 aromatic carbocycles. The van der Waals surface area contributed by atoms with Gasteiger partial charge in [-0.3, -0.25) is 0 Å². The number of rotatable bonds is 6. The molecule has 0 saturated heterocycles. The van der Waals surface area contributed by atoms with E-state index in [4.69, 9.17) is 4.74 Å². The maximum Gasteiger partial charge on any atom is 0.126 e. The Hall–Kier alpha value is -1.28. The average Bonchev–Trinajstić information content (AvgIpc) is 2.34. The molecule has 0 amide bonds. The van der Waals surface area contributed by atoms with Gasteiger partial charge >= 0.3 is 0 Å². The van der Waals surface area contributed by atoms with E-state index in [2.05, 4.69) is 37.4 Å². The van der Waals surface area contributed by atoms with Gasteiger partial charge in [0.25, 0.3) is 0 Å². The summed E-state index contributed by atoms with van der Waals surface area (Å²) in [6.45, 7) is 5.48. The molecular formula is C14H22NO+. The first-order chi connectivity index (χ1) is 7.77. The van der Waals surface area contributed by atoms with Crippen LogP contribution in [0.2, 0.25) is 0 Å². The molecule has 0 heterocycles. The molecule has 1 atom stereocenters. The second kappa shape index (κ2) is 7.07. The van der Waals surface area contributed by atoms with E-state index in [1.54, 1.807) is 7.11 Å². The highest BCUT2D eigenvalue weighted by molar-refractivity contribution is 5.56. The zero-order valence-corrected chi connectivity index (χ0v) is 10.4. The highest BCUT2D eigenvalue weighted by atomic mass is 16.5. The third-order valence-electron chi connectivity index (χ3n) is 2.75. The fourth-order valence-electron chi connectivity index (χ4n) is 1.48. The number of para-hydroxylation sites is 1. The summed E-state index contributed by atoms with van der Waals surface area (Å²) >= 11 is 0. The lowest BCUT2D eigenvalue weighted by Crippen LogP contribution is -2.88. The zero-order chi connectivity index (χ0) is 11.8. The maximum atomic E-state index is 5.28. The quantitative estimate of drug-likeness (QED) is 0.780. The summed E-state index contributed by atoms with van der Waals surface area (Å²) in [4.78, 5) is 0. The van der Waals surface area contributed by atoms with E-state index < -0.39 is 0 Å². The van der Waals surface area contributed by atoms with Gasteiger partial charge in [0.05, 0.1) is 19.7 Å². The van der Waals surface area contributed by atoms with Gasteiger partial charge in [0, 0.05) is 5.56 Å². The lowest BCUT2D eigenvalue weighted by atomic mass is 10.2. The molecule has 0 aliphatic rings. The summed E-state index contributed by atoms with van der Waals surface area (Å²) < 4.78 is 5.28. The SMILES string of the molecule is CC[C@H](C)[NH2+]C/C=C/c1ccccc1OC. The molecule has 0 bridgehead atoms. The van der Waals surface area contributed by atoms with Crippen LogP contribution in [0.3, 0.4) is 0 Å². The lowest BCUT2D eigenvalue weighted by Gasteiger charge is -2.05. The predicted octanol–water partition coefficient (Wildman–Crippen LogP) is 2.07. The highest BCUT2D eigenvalue weighted by Gasteiger charge is 1.98. The van der Waals surface area contributed by atoms with E-state index in [1.807, 2.05) is 18.2 Å². The Morgan fingerprint density at radius 1 is 1.38 bits per heavy atom. The first kappa shape index (κ1) is 12.8. The van der Waals surface area contributed by atoms with Gasteiger partial charge in [-0.05, 0) is 31.6 Å². The van der Waals surface area contributed by atoms with Crippen LogP contribution in [-0.4, -0.2) is 19.7 Å². The fraction of sp³-hybridized carbons (Fsp3) is 0.429. The normalized spacial score (nSPS) is 12.9. The Balaban J connectivity index is 2.49. The van der Waals surface area contributed by atoms with Crippen LogP contribution in [0, 0.1) is 0 Å². The van der Waals surface area contributed by atoms with Crippen molar-refractivity contribution in [2.75, 3.05) is 13.7 Å². The van der Waals surface area contributed by atoms with Crippen molar-refractivity contribution < 1.29 is 10.1 Å². The minimum absolute atomic E-state index is 0.697. The number of nitrogens with two attached hydrogens (primary N) is 1. The lowest BCUT2D eigenvalue weighted by molar-refractivity contribution is -0.678. The monoisotopic (exact) mass is 220 g/mol. The zero-order valence-electron chi connectivity index (χ0n) is 10.4. The molecule has 0 aromatic heterocycles. The average molecular weight is 220 g/mol. The van der Waals surface area contributed by atoms with Gasteiger partial charge in [-0.1, -0.05) is 25.1 Å². The van der Waals surface area contributed by atoms with Gasteiger partial charge in [-0.15, -0.1) is 0 Å². The molecule has 0 aliphatic heterocycles. The molecule has 2 heteroatoms. The molecule has 0 fully saturated rings. The topological polar surface area (TPSA) is 25.8 Å². The van der Waals surface area contributed by atoms with Crippen LogP contribution < -0.4 is 10.1 Å². The van der Waals surface area contributed by atoms with E-state index in [-0.39, 0.29) is 0 Å². The number of hydrogen-bond acceptors (Lipinski definition) is 1. The smallest absolute Gasteiger partial charge is 0.126 e. The standard InChI is InChI=1S/C14H21NO/c1-4-12(2)15-11-7-9-13-8-5-6-10-14(13)16-3/h5-10,12,15H,4,11H2,1-3H3/p+1/b9-7+/t12-/m0/s1. The molecule has 0 aliphatic carbocycles. The van der Waals surface area contributed by atoms with E-state index in [1.165, 1.54) is 6.42 Å². The molecule has 2 nitrogen and oxygen atoms in total. The van der Waals surface area contributed by atoms with Crippen molar-refractivity contribution in [2.24, 2.45) is 0 Å². The molecule has 0 unspecified atom stereocenters. The van der Waals surface area contributed by atoms with Crippen LogP contribution in [0.4, 0.5) is 0 Å². The van der Waals surface area contributed by atoms with Gasteiger partial charge in [0.2, 0.25) is 0 Å². The summed E-state index contributed by atoms with van der Waals surface area (Å²) in [5.41, 5.74) is 1.14. The van der Waals surface area contributed by atoms with Crippen LogP contribution in [0.15, 0.2) is 30.3 Å². The molecule has 2 N–H and O–H groups in total. The Bertz CT molecular complexity index is 333. The van der Waals surface area contributed by atoms with Gasteiger partial charge in [0.15, 0.2) is 0 Å². The molecule has 1 aromatic rings. The van der Waals surface area contributed by atoms with Gasteiger partial charge in [-0.2, -0.15) is 0 Å². The van der Waals surface area contributed by atoms with Crippen molar-refractivity contribution in [3.05, 3.63) is 35.9 Å². The van der Waals surface area contributed by atoms with Crippen molar-refractivity contribution in [3.63, 3.8) is 0 Å². The highest BCUT2D eigenvalue weighted by Crippen LogP contribution is 2.18. The number of methoxy groups -OCH3 is 1. The second-order valence-corrected chi connectivity index (χ2v) is 4.00. The van der Waals surface area contributed by atoms with E-state index in [0.717, 1.165) is 17.9 Å². The number of benzene rings is 1. The van der Waals surface area contributed by atoms with Crippen LogP contribution in [0.1, 0.15) is 25.8 Å². The van der Waals surface area contributed by atoms with Crippen molar-refractivity contribution in [1.29, 1.82) is 0 Å². The summed E-state index contributed by atoms with van der Waals surface area (Å²) in [5, 5.41) is 2.34. The van der Waals surface area contributed by atoms with Crippen molar-refractivity contribution in [2.45, 2.75) is 26.3 Å². The van der Waals surface area contributed by atoms with Gasteiger partial charge < -0.3 is 10.1 Å². The minimum Gasteiger partial charge on any atom is -0.496 e. The Kier molecular flexibility index (Phi) is 5.65. The van der Waals surface area contributed by atoms with E-state index in [0.29, 0.717) is 6.04 Å². The number of hydrogen-bond donors (Lipinski definition) is 1. The van der Waals surface area contributed by atoms with Crippen molar-refractivity contribution in [3.8, 4) is 5.75 Å². The van der Waals surface area contributed by atoms with Crippen molar-refractivity contribution in [1.82, 2.24) is 0 Å². The Morgan fingerprint density at radius 3 is 2.81 bits per heavy atom. The third kappa shape index (κ3) is 4.07. The van der Waals surface area contributed by atoms with Crippen LogP contribution >= 0.6 is 0 Å². The third-order valence-corrected chi connectivity index (χ3v) is 2.75. The Morgan fingerprint density at radius 2 is 2.12 bits per heavy atom. The fourth-order valence-corrected chi connectivity index (χ4v) is 1.48. The molecule has 0 radical (unpaired) electrons. The van der Waals surface area contributed by atoms with Crippen LogP contribution in [0.25, 0.3) is 6.08 Å². The summed E-state index contributed by atoms with van der Waals surface area (Å²) in [6.07, 6.45) is 5.52.